The first-order chi connectivity index (χ1) is 2.89. The van der Waals surface area contributed by atoms with E-state index in [1.807, 2.05) is 0 Å². The highest BCUT2D eigenvalue weighted by Crippen LogP contribution is 1.60. The van der Waals surface area contributed by atoms with Crippen molar-refractivity contribution in [3.05, 3.63) is 12.7 Å². The molecule has 0 aliphatic heterocycles. The van der Waals surface area contributed by atoms with Crippen LogP contribution in [0.5, 0.6) is 0 Å². The van der Waals surface area contributed by atoms with Crippen LogP contribution in [0.2, 0.25) is 0 Å². The molecule has 0 aliphatic rings. The maximum atomic E-state index is 5.02. The molecule has 4 nitrogen and oxygen atoms in total. The Morgan fingerprint density at radius 3 is 2.43 bits per heavy atom. The molecule has 40 valence electrons. The van der Waals surface area contributed by atoms with Crippen LogP contribution >= 0.6 is 12.4 Å². The fourth-order valence-corrected chi connectivity index (χ4v) is 0.217. The Balaban J connectivity index is 0.000000360. The Bertz CT molecular complexity index is 113. The summed E-state index contributed by atoms with van der Waals surface area (Å²) in [7, 11) is 0. The van der Waals surface area contributed by atoms with E-state index >= 15 is 0 Å². The lowest BCUT2D eigenvalue weighted by Crippen LogP contribution is -2.06. The van der Waals surface area contributed by atoms with Gasteiger partial charge in [0, 0.05) is 0 Å². The van der Waals surface area contributed by atoms with Crippen molar-refractivity contribution in [2.24, 2.45) is 0 Å². The van der Waals surface area contributed by atoms with Gasteiger partial charge in [-0.05, 0) is 0 Å². The van der Waals surface area contributed by atoms with Gasteiger partial charge in [0.05, 0.1) is 0 Å². The van der Waals surface area contributed by atoms with Crippen LogP contribution in [0.1, 0.15) is 0 Å². The number of nitrogens with two attached hydrogens (primary N) is 1. The third-order valence-corrected chi connectivity index (χ3v) is 0.437. The van der Waals surface area contributed by atoms with Crippen LogP contribution in [-0.4, -0.2) is 14.9 Å². The van der Waals surface area contributed by atoms with Crippen molar-refractivity contribution in [3.63, 3.8) is 0 Å². The molecule has 1 rings (SSSR count). The second-order valence-electron chi connectivity index (χ2n) is 0.875. The molecule has 0 amide bonds. The molecule has 0 aromatic carbocycles. The summed E-state index contributed by atoms with van der Waals surface area (Å²) in [5.41, 5.74) is 0. The first-order valence-corrected chi connectivity index (χ1v) is 1.49. The number of hydrogen-bond acceptors (Lipinski definition) is 3. The quantitative estimate of drug-likeness (QED) is 0.466. The predicted molar refractivity (Wildman–Crippen MR) is 27.4 cm³/mol. The van der Waals surface area contributed by atoms with E-state index in [2.05, 4.69) is 10.1 Å². The minimum Gasteiger partial charge on any atom is -0.322 e. The number of nitrogen functional groups attached to an aromatic ring is 1. The van der Waals surface area contributed by atoms with E-state index in [0.717, 1.165) is 4.79 Å². The largest absolute Gasteiger partial charge is 0.322 e. The van der Waals surface area contributed by atoms with Crippen LogP contribution in [0.15, 0.2) is 12.7 Å². The zero-order valence-corrected chi connectivity index (χ0v) is 4.30. The van der Waals surface area contributed by atoms with Gasteiger partial charge in [0.15, 0.2) is 0 Å². The molecule has 0 bridgehead atoms. The fourth-order valence-electron chi connectivity index (χ4n) is 0.217. The Kier molecular flexibility index (Phi) is 2.15. The minimum atomic E-state index is 0. The molecule has 5 heteroatoms. The maximum Gasteiger partial charge on any atom is 0.139 e. The van der Waals surface area contributed by atoms with E-state index in [-0.39, 0.29) is 12.4 Å². The molecule has 0 fully saturated rings. The lowest BCUT2D eigenvalue weighted by atomic mass is 11.3. The zero-order valence-electron chi connectivity index (χ0n) is 3.48. The summed E-state index contributed by atoms with van der Waals surface area (Å²) >= 11 is 0. The minimum absolute atomic E-state index is 0. The first-order valence-electron chi connectivity index (χ1n) is 1.49. The molecule has 7 heavy (non-hydrogen) atoms. The van der Waals surface area contributed by atoms with E-state index < -0.39 is 0 Å². The molecule has 0 radical (unpaired) electrons. The van der Waals surface area contributed by atoms with Gasteiger partial charge in [-0.1, -0.05) is 0 Å². The lowest BCUT2D eigenvalue weighted by molar-refractivity contribution is 0.830. The molecule has 1 heterocycles. The average Bonchev–Trinajstić information content (AvgIpc) is 1.86. The molecule has 1 aromatic rings. The van der Waals surface area contributed by atoms with Crippen LogP contribution in [0.3, 0.4) is 0 Å². The standard InChI is InChI=1S/C2H4N4.ClH/c3-6-2-4-1-5-6;/h1-2H,3H2;1H. The normalized spacial score (nSPS) is 7.43. The zero-order chi connectivity index (χ0) is 4.41. The first kappa shape index (κ1) is 6.23. The Hall–Kier alpha value is -0.770. The van der Waals surface area contributed by atoms with Crippen molar-refractivity contribution in [2.45, 2.75) is 0 Å². The monoisotopic (exact) mass is 120 g/mol. The summed E-state index contributed by atoms with van der Waals surface area (Å²) in [4.78, 5) is 4.69. The average molecular weight is 121 g/mol. The van der Waals surface area contributed by atoms with Crippen LogP contribution in [-0.2, 0) is 0 Å². The van der Waals surface area contributed by atoms with E-state index in [1.54, 1.807) is 0 Å². The van der Waals surface area contributed by atoms with Gasteiger partial charge in [0.2, 0.25) is 0 Å². The molecule has 0 spiro atoms. The number of hydrogen-bond donors (Lipinski definition) is 1. The van der Waals surface area contributed by atoms with E-state index in [0.29, 0.717) is 0 Å². The number of halogens is 1. The summed E-state index contributed by atoms with van der Waals surface area (Å²) in [5, 5.41) is 3.50. The number of nitrogens with zero attached hydrogens (tertiary/aromatic N) is 3. The molecule has 0 atom stereocenters. The highest BCUT2D eigenvalue weighted by atomic mass is 35.5. The van der Waals surface area contributed by atoms with Gasteiger partial charge in [-0.15, -0.1) is 17.5 Å². The SMILES string of the molecule is Cl.Nn1cncn1. The predicted octanol–water partition coefficient (Wildman–Crippen LogP) is -0.586. The summed E-state index contributed by atoms with van der Waals surface area (Å²) in [5.74, 6) is 5.02. The van der Waals surface area contributed by atoms with E-state index in [4.69, 9.17) is 5.84 Å². The van der Waals surface area contributed by atoms with Crippen molar-refractivity contribution in [2.75, 3.05) is 5.84 Å². The van der Waals surface area contributed by atoms with Gasteiger partial charge in [-0.3, -0.25) is 0 Å². The fraction of sp³-hybridized carbons (Fsp3) is 0. The molecule has 0 saturated heterocycles. The molecule has 0 aliphatic carbocycles. The second-order valence-corrected chi connectivity index (χ2v) is 0.875. The highest BCUT2D eigenvalue weighted by molar-refractivity contribution is 5.85. The van der Waals surface area contributed by atoms with Crippen molar-refractivity contribution in [1.82, 2.24) is 14.9 Å². The van der Waals surface area contributed by atoms with Gasteiger partial charge < -0.3 is 5.84 Å². The summed E-state index contributed by atoms with van der Waals surface area (Å²) in [6.45, 7) is 0. The van der Waals surface area contributed by atoms with Crippen LogP contribution in [0.25, 0.3) is 0 Å². The van der Waals surface area contributed by atoms with Gasteiger partial charge in [0.1, 0.15) is 12.7 Å². The molecule has 1 aromatic heterocycles. The number of rotatable bonds is 0. The smallest absolute Gasteiger partial charge is 0.139 e. The summed E-state index contributed by atoms with van der Waals surface area (Å²) < 4.78 is 0. The van der Waals surface area contributed by atoms with Gasteiger partial charge in [-0.2, -0.15) is 4.79 Å². The highest BCUT2D eigenvalue weighted by Gasteiger charge is 1.70. The van der Waals surface area contributed by atoms with Gasteiger partial charge in [0.25, 0.3) is 0 Å². The van der Waals surface area contributed by atoms with Crippen molar-refractivity contribution in [1.29, 1.82) is 0 Å². The van der Waals surface area contributed by atoms with Crippen molar-refractivity contribution >= 4 is 12.4 Å². The van der Waals surface area contributed by atoms with Gasteiger partial charge >= 0.3 is 0 Å². The molecular formula is C2H5ClN4. The van der Waals surface area contributed by atoms with Crippen molar-refractivity contribution in [3.8, 4) is 0 Å². The third-order valence-electron chi connectivity index (χ3n) is 0.437. The molecule has 0 unspecified atom stereocenters. The topological polar surface area (TPSA) is 56.7 Å². The van der Waals surface area contributed by atoms with Gasteiger partial charge in [-0.25, -0.2) is 4.98 Å². The van der Waals surface area contributed by atoms with E-state index in [1.165, 1.54) is 12.7 Å². The maximum absolute atomic E-state index is 5.02. The Labute approximate surface area is 46.7 Å². The number of aromatic nitrogens is 3. The van der Waals surface area contributed by atoms with E-state index in [9.17, 15) is 0 Å². The molecule has 0 saturated carbocycles. The summed E-state index contributed by atoms with van der Waals surface area (Å²) in [6, 6.07) is 0. The Morgan fingerprint density at radius 2 is 2.29 bits per heavy atom. The van der Waals surface area contributed by atoms with Crippen LogP contribution in [0.4, 0.5) is 0 Å². The second kappa shape index (κ2) is 2.41. The molecular weight excluding hydrogens is 116 g/mol. The summed E-state index contributed by atoms with van der Waals surface area (Å²) in [6.07, 6.45) is 2.79. The molecule has 2 N–H and O–H groups in total. The van der Waals surface area contributed by atoms with Crippen LogP contribution in [0, 0.1) is 0 Å². The Morgan fingerprint density at radius 1 is 1.57 bits per heavy atom. The van der Waals surface area contributed by atoms with Crippen LogP contribution < -0.4 is 5.84 Å². The van der Waals surface area contributed by atoms with Crippen molar-refractivity contribution < 1.29 is 0 Å². The third kappa shape index (κ3) is 1.41. The lowest BCUT2D eigenvalue weighted by Gasteiger charge is -1.76.